The summed E-state index contributed by atoms with van der Waals surface area (Å²) < 4.78 is 5.27. The molecule has 0 atom stereocenters. The van der Waals surface area contributed by atoms with Crippen LogP contribution >= 0.6 is 0 Å². The zero-order valence-corrected chi connectivity index (χ0v) is 9.19. The van der Waals surface area contributed by atoms with Gasteiger partial charge in [-0.05, 0) is 31.2 Å². The predicted molar refractivity (Wildman–Crippen MR) is 61.7 cm³/mol. The van der Waals surface area contributed by atoms with Gasteiger partial charge in [0.05, 0.1) is 13.2 Å². The van der Waals surface area contributed by atoms with Crippen molar-refractivity contribution in [3.63, 3.8) is 0 Å². The van der Waals surface area contributed by atoms with E-state index >= 15 is 0 Å². The number of hydrogen-bond acceptors (Lipinski definition) is 3. The van der Waals surface area contributed by atoms with Gasteiger partial charge in [0.1, 0.15) is 5.75 Å². The highest BCUT2D eigenvalue weighted by Gasteiger charge is 2.00. The minimum atomic E-state index is -0.335. The summed E-state index contributed by atoms with van der Waals surface area (Å²) in [5, 5.41) is 13.6. The van der Waals surface area contributed by atoms with Gasteiger partial charge in [-0.25, -0.2) is 4.79 Å². The van der Waals surface area contributed by atoms with Gasteiger partial charge in [-0.3, -0.25) is 0 Å². The van der Waals surface area contributed by atoms with Crippen molar-refractivity contribution in [1.29, 1.82) is 0 Å². The molecule has 3 N–H and O–H groups in total. The summed E-state index contributed by atoms with van der Waals surface area (Å²) in [6, 6.07) is 6.74. The lowest BCUT2D eigenvalue weighted by molar-refractivity contribution is 0.245. The molecule has 0 unspecified atom stereocenters. The molecule has 0 bridgehead atoms. The smallest absolute Gasteiger partial charge is 0.319 e. The first-order valence-electron chi connectivity index (χ1n) is 5.15. The number of carbonyl (C=O) groups excluding carboxylic acids is 1. The molecule has 0 aromatic heterocycles. The number of anilines is 1. The van der Waals surface area contributed by atoms with Crippen molar-refractivity contribution < 1.29 is 14.6 Å². The molecule has 0 aliphatic heterocycles. The van der Waals surface area contributed by atoms with Gasteiger partial charge in [0.15, 0.2) is 0 Å². The molecular formula is C11H16N2O3. The second kappa shape index (κ2) is 6.68. The zero-order chi connectivity index (χ0) is 11.8. The van der Waals surface area contributed by atoms with Gasteiger partial charge in [0.2, 0.25) is 0 Å². The highest BCUT2D eigenvalue weighted by Crippen LogP contribution is 2.15. The second-order valence-electron chi connectivity index (χ2n) is 3.06. The number of hydrogen-bond donors (Lipinski definition) is 3. The van der Waals surface area contributed by atoms with E-state index in [9.17, 15) is 4.79 Å². The van der Waals surface area contributed by atoms with E-state index in [-0.39, 0.29) is 19.2 Å². The topological polar surface area (TPSA) is 70.6 Å². The molecule has 1 rings (SSSR count). The maximum absolute atomic E-state index is 11.2. The SMILES string of the molecule is CCOc1ccc(NC(=O)NCCO)cc1. The van der Waals surface area contributed by atoms with Gasteiger partial charge in [-0.2, -0.15) is 0 Å². The number of carbonyl (C=O) groups is 1. The third kappa shape index (κ3) is 4.18. The Morgan fingerprint density at radius 2 is 2.06 bits per heavy atom. The average molecular weight is 224 g/mol. The lowest BCUT2D eigenvalue weighted by Crippen LogP contribution is -2.30. The van der Waals surface area contributed by atoms with Crippen molar-refractivity contribution in [3.8, 4) is 5.75 Å². The van der Waals surface area contributed by atoms with Crippen LogP contribution in [0.3, 0.4) is 0 Å². The summed E-state index contributed by atoms with van der Waals surface area (Å²) in [5.41, 5.74) is 0.680. The Hall–Kier alpha value is -1.75. The fraction of sp³-hybridized carbons (Fsp3) is 0.364. The van der Waals surface area contributed by atoms with E-state index in [4.69, 9.17) is 9.84 Å². The summed E-state index contributed by atoms with van der Waals surface area (Å²) in [5.74, 6) is 0.767. The van der Waals surface area contributed by atoms with E-state index in [0.29, 0.717) is 12.3 Å². The van der Waals surface area contributed by atoms with Crippen LogP contribution in [0.4, 0.5) is 10.5 Å². The molecule has 0 spiro atoms. The molecule has 1 aromatic rings. The predicted octanol–water partition coefficient (Wildman–Crippen LogP) is 1.20. The summed E-state index contributed by atoms with van der Waals surface area (Å²) >= 11 is 0. The molecule has 2 amide bonds. The molecule has 5 nitrogen and oxygen atoms in total. The number of rotatable bonds is 5. The number of amides is 2. The van der Waals surface area contributed by atoms with Gasteiger partial charge in [0.25, 0.3) is 0 Å². The lowest BCUT2D eigenvalue weighted by Gasteiger charge is -2.07. The maximum Gasteiger partial charge on any atom is 0.319 e. The van der Waals surface area contributed by atoms with Crippen LogP contribution in [-0.4, -0.2) is 30.9 Å². The first-order chi connectivity index (χ1) is 7.76. The number of nitrogens with one attached hydrogen (secondary N) is 2. The van der Waals surface area contributed by atoms with Crippen molar-refractivity contribution in [1.82, 2.24) is 5.32 Å². The fourth-order valence-electron chi connectivity index (χ4n) is 1.15. The number of urea groups is 1. The highest BCUT2D eigenvalue weighted by molar-refractivity contribution is 5.89. The van der Waals surface area contributed by atoms with Gasteiger partial charge in [0, 0.05) is 12.2 Å². The normalized spacial score (nSPS) is 9.62. The molecule has 0 heterocycles. The van der Waals surface area contributed by atoms with Crippen LogP contribution in [0, 0.1) is 0 Å². The van der Waals surface area contributed by atoms with Crippen LogP contribution in [0.1, 0.15) is 6.92 Å². The van der Waals surface area contributed by atoms with E-state index in [1.807, 2.05) is 6.92 Å². The molecule has 16 heavy (non-hydrogen) atoms. The number of ether oxygens (including phenoxy) is 1. The molecule has 0 radical (unpaired) electrons. The Morgan fingerprint density at radius 3 is 2.62 bits per heavy atom. The van der Waals surface area contributed by atoms with Crippen molar-refractivity contribution in [2.24, 2.45) is 0 Å². The maximum atomic E-state index is 11.2. The van der Waals surface area contributed by atoms with E-state index in [1.54, 1.807) is 24.3 Å². The van der Waals surface area contributed by atoms with Crippen molar-refractivity contribution in [2.45, 2.75) is 6.92 Å². The third-order valence-corrected chi connectivity index (χ3v) is 1.82. The third-order valence-electron chi connectivity index (χ3n) is 1.82. The Kier molecular flexibility index (Phi) is 5.15. The molecule has 0 saturated carbocycles. The van der Waals surface area contributed by atoms with Crippen LogP contribution in [0.2, 0.25) is 0 Å². The zero-order valence-electron chi connectivity index (χ0n) is 9.19. The van der Waals surface area contributed by atoms with Crippen LogP contribution < -0.4 is 15.4 Å². The van der Waals surface area contributed by atoms with Gasteiger partial charge in [-0.15, -0.1) is 0 Å². The van der Waals surface area contributed by atoms with Crippen LogP contribution in [0.5, 0.6) is 5.75 Å². The minimum Gasteiger partial charge on any atom is -0.494 e. The molecule has 0 fully saturated rings. The molecule has 0 aliphatic rings. The average Bonchev–Trinajstić information content (AvgIpc) is 2.29. The Labute approximate surface area is 94.4 Å². The van der Waals surface area contributed by atoms with E-state index in [0.717, 1.165) is 5.75 Å². The Balaban J connectivity index is 2.45. The van der Waals surface area contributed by atoms with Crippen LogP contribution in [0.25, 0.3) is 0 Å². The Morgan fingerprint density at radius 1 is 1.38 bits per heavy atom. The van der Waals surface area contributed by atoms with Gasteiger partial charge < -0.3 is 20.5 Å². The molecular weight excluding hydrogens is 208 g/mol. The van der Waals surface area contributed by atoms with Crippen molar-refractivity contribution in [2.75, 3.05) is 25.1 Å². The van der Waals surface area contributed by atoms with Crippen molar-refractivity contribution in [3.05, 3.63) is 24.3 Å². The first-order valence-corrected chi connectivity index (χ1v) is 5.15. The molecule has 1 aromatic carbocycles. The molecule has 5 heteroatoms. The van der Waals surface area contributed by atoms with Crippen LogP contribution in [-0.2, 0) is 0 Å². The minimum absolute atomic E-state index is 0.0727. The second-order valence-corrected chi connectivity index (χ2v) is 3.06. The van der Waals surface area contributed by atoms with Gasteiger partial charge >= 0.3 is 6.03 Å². The fourth-order valence-corrected chi connectivity index (χ4v) is 1.15. The summed E-state index contributed by atoms with van der Waals surface area (Å²) in [6.45, 7) is 2.69. The standard InChI is InChI=1S/C11H16N2O3/c1-2-16-10-5-3-9(4-6-10)13-11(15)12-7-8-14/h3-6,14H,2,7-8H2,1H3,(H2,12,13,15). The largest absolute Gasteiger partial charge is 0.494 e. The monoisotopic (exact) mass is 224 g/mol. The summed E-state index contributed by atoms with van der Waals surface area (Å²) in [4.78, 5) is 11.2. The first kappa shape index (κ1) is 12.3. The molecule has 88 valence electrons. The lowest BCUT2D eigenvalue weighted by atomic mass is 10.3. The quantitative estimate of drug-likeness (QED) is 0.703. The number of aliphatic hydroxyl groups is 1. The van der Waals surface area contributed by atoms with Gasteiger partial charge in [-0.1, -0.05) is 0 Å². The molecule has 0 saturated heterocycles. The van der Waals surface area contributed by atoms with E-state index in [2.05, 4.69) is 10.6 Å². The number of benzene rings is 1. The van der Waals surface area contributed by atoms with Crippen molar-refractivity contribution >= 4 is 11.7 Å². The number of aliphatic hydroxyl groups excluding tert-OH is 1. The highest BCUT2D eigenvalue weighted by atomic mass is 16.5. The summed E-state index contributed by atoms with van der Waals surface area (Å²) in [6.07, 6.45) is 0. The molecule has 0 aliphatic carbocycles. The summed E-state index contributed by atoms with van der Waals surface area (Å²) in [7, 11) is 0. The van der Waals surface area contributed by atoms with E-state index < -0.39 is 0 Å². The van der Waals surface area contributed by atoms with E-state index in [1.165, 1.54) is 0 Å². The van der Waals surface area contributed by atoms with Crippen LogP contribution in [0.15, 0.2) is 24.3 Å². The Bertz CT molecular complexity index is 325.